The Morgan fingerprint density at radius 2 is 1.38 bits per heavy atom. The molecule has 0 heterocycles. The number of rotatable bonds is 3. The molecule has 7 aliphatic carbocycles. The zero-order valence-corrected chi connectivity index (χ0v) is 39.3. The number of halogens is 2. The summed E-state index contributed by atoms with van der Waals surface area (Å²) >= 11 is 1.51. The fourth-order valence-electron chi connectivity index (χ4n) is 12.8. The predicted octanol–water partition coefficient (Wildman–Crippen LogP) is 7.95. The first-order valence-corrected chi connectivity index (χ1v) is 22.6. The van der Waals surface area contributed by atoms with Crippen molar-refractivity contribution < 1.29 is 49.0 Å². The van der Waals surface area contributed by atoms with Crippen molar-refractivity contribution in [2.24, 2.45) is 40.4 Å². The molecule has 0 spiro atoms. The fourth-order valence-corrected chi connectivity index (χ4v) is 13.3. The molecule has 4 fully saturated rings. The molecular formula is C53H62Cl2Zr-2. The molecule has 0 radical (unpaired) electrons. The zero-order valence-electron chi connectivity index (χ0n) is 35.3. The van der Waals surface area contributed by atoms with E-state index < -0.39 is 0 Å². The van der Waals surface area contributed by atoms with E-state index in [4.69, 9.17) is 0 Å². The molecule has 0 nitrogen and oxygen atoms in total. The monoisotopic (exact) mass is 858 g/mol. The van der Waals surface area contributed by atoms with E-state index in [1.807, 2.05) is 6.07 Å². The Morgan fingerprint density at radius 3 is 1.95 bits per heavy atom. The molecule has 0 amide bonds. The molecule has 56 heavy (non-hydrogen) atoms. The van der Waals surface area contributed by atoms with Crippen LogP contribution in [0.2, 0.25) is 0 Å². The van der Waals surface area contributed by atoms with Gasteiger partial charge >= 0.3 is 70.3 Å². The second-order valence-corrected chi connectivity index (χ2v) is 19.9. The van der Waals surface area contributed by atoms with Crippen LogP contribution in [0.4, 0.5) is 0 Å². The van der Waals surface area contributed by atoms with Gasteiger partial charge in [0.05, 0.1) is 0 Å². The molecule has 3 heteroatoms. The van der Waals surface area contributed by atoms with Gasteiger partial charge in [-0.3, -0.25) is 6.08 Å². The van der Waals surface area contributed by atoms with E-state index in [1.165, 1.54) is 87.7 Å². The van der Waals surface area contributed by atoms with Crippen LogP contribution in [0.1, 0.15) is 136 Å². The summed E-state index contributed by atoms with van der Waals surface area (Å²) in [6.07, 6.45) is 20.5. The van der Waals surface area contributed by atoms with E-state index in [1.54, 1.807) is 47.4 Å². The number of fused-ring (bicyclic) bond motifs is 8. The van der Waals surface area contributed by atoms with Crippen LogP contribution in [-0.2, 0) is 30.7 Å². The summed E-state index contributed by atoms with van der Waals surface area (Å²) in [5, 5.41) is 2.93. The molecular weight excluding hydrogens is 799 g/mol. The van der Waals surface area contributed by atoms with E-state index in [0.717, 1.165) is 24.2 Å². The standard InChI is InChI=1S/C29H33.C16H21.C8H8.2ClH.Zr/c1-14-13-24-25(18(5)15(14)2)21(8)28-27-20(7)17(4)16(3)19(6)26(27)22-11-9-10-12-23(22)29(24)28;1-15(4-2-3-5-15)16-9-12-6-13(10-16)8-14(7-12)11-16;1-2-8-6-4-3-5-7-8;;;/h9-13,16-17,19,21H,1-8H3;2,4-5,12-14H,6-11H2,1H3;1,3-7H,2H2;2*1H;/q2*-1;;;;+2/p-2. The minimum atomic E-state index is 0. The van der Waals surface area contributed by atoms with Gasteiger partial charge in [-0.15, -0.1) is 11.1 Å². The van der Waals surface area contributed by atoms with Crippen LogP contribution in [0, 0.1) is 73.2 Å². The van der Waals surface area contributed by atoms with Crippen molar-refractivity contribution in [2.45, 2.75) is 119 Å². The van der Waals surface area contributed by atoms with Crippen molar-refractivity contribution in [3.63, 3.8) is 0 Å². The van der Waals surface area contributed by atoms with Crippen LogP contribution in [0.25, 0.3) is 21.9 Å². The van der Waals surface area contributed by atoms with Crippen molar-refractivity contribution in [3.05, 3.63) is 135 Å². The van der Waals surface area contributed by atoms with E-state index in [2.05, 4.69) is 145 Å². The molecule has 294 valence electrons. The fraction of sp³-hybridized carbons (Fsp3) is 0.472. The van der Waals surface area contributed by atoms with Crippen molar-refractivity contribution in [1.82, 2.24) is 0 Å². The first-order chi connectivity index (χ1) is 25.9. The van der Waals surface area contributed by atoms with Gasteiger partial charge in [-0.25, -0.2) is 12.2 Å². The second-order valence-electron chi connectivity index (χ2n) is 18.9. The summed E-state index contributed by atoms with van der Waals surface area (Å²) in [6.45, 7) is 21.5. The summed E-state index contributed by atoms with van der Waals surface area (Å²) in [4.78, 5) is 0. The Bertz CT molecular complexity index is 2090. The van der Waals surface area contributed by atoms with Crippen molar-refractivity contribution in [3.8, 4) is 11.1 Å². The van der Waals surface area contributed by atoms with Crippen LogP contribution in [-0.4, -0.2) is 3.71 Å². The van der Waals surface area contributed by atoms with Crippen LogP contribution < -0.4 is 24.8 Å². The van der Waals surface area contributed by atoms with Crippen LogP contribution in [0.3, 0.4) is 0 Å². The van der Waals surface area contributed by atoms with Gasteiger partial charge in [0.15, 0.2) is 0 Å². The van der Waals surface area contributed by atoms with E-state index in [9.17, 15) is 0 Å². The van der Waals surface area contributed by atoms with Crippen LogP contribution >= 0.6 is 0 Å². The van der Waals surface area contributed by atoms with Crippen LogP contribution in [0.15, 0.2) is 78.9 Å². The number of benzene rings is 4. The zero-order chi connectivity index (χ0) is 38.1. The van der Waals surface area contributed by atoms with Gasteiger partial charge in [-0.1, -0.05) is 106 Å². The van der Waals surface area contributed by atoms with Gasteiger partial charge in [0.1, 0.15) is 0 Å². The molecule has 5 atom stereocenters. The van der Waals surface area contributed by atoms with E-state index in [-0.39, 0.29) is 24.8 Å². The molecule has 0 N–H and O–H groups in total. The summed E-state index contributed by atoms with van der Waals surface area (Å²) in [7, 11) is 0. The SMILES string of the molecule is CC1(C23CC4CC(CC(C4)C2)C3)C=[C-]C=C1.Cc1cc2c(c(C)c1C)C(C)c1c3c(c4ccccc4c1-2)C(C)C(C)C(C)[C-]3C.[Cl-].[Cl-].[Zr+2]=[CH]Cc1ccccc1. The molecule has 7 aliphatic rings. The predicted molar refractivity (Wildman–Crippen MR) is 228 cm³/mol. The number of hydrogen-bond donors (Lipinski definition) is 0. The average molecular weight is 861 g/mol. The van der Waals surface area contributed by atoms with Crippen molar-refractivity contribution >= 4 is 14.5 Å². The maximum atomic E-state index is 3.33. The third kappa shape index (κ3) is 7.15. The molecule has 0 saturated heterocycles. The van der Waals surface area contributed by atoms with Crippen LogP contribution in [0.5, 0.6) is 0 Å². The molecule has 4 bridgehead atoms. The number of aryl methyl sites for hydroxylation is 1. The van der Waals surface area contributed by atoms with E-state index >= 15 is 0 Å². The molecule has 0 aromatic heterocycles. The van der Waals surface area contributed by atoms with Crippen molar-refractivity contribution in [1.29, 1.82) is 0 Å². The third-order valence-electron chi connectivity index (χ3n) is 16.0. The first-order valence-electron chi connectivity index (χ1n) is 21.2. The molecule has 4 saturated carbocycles. The Hall–Kier alpha value is -2.18. The quantitative estimate of drug-likeness (QED) is 0.184. The third-order valence-corrected chi connectivity index (χ3v) is 16.5. The summed E-state index contributed by atoms with van der Waals surface area (Å²) in [5.74, 6) is 7.12. The summed E-state index contributed by atoms with van der Waals surface area (Å²) in [6, 6.07) is 22.2. The minimum absolute atomic E-state index is 0. The van der Waals surface area contributed by atoms with Crippen molar-refractivity contribution in [2.75, 3.05) is 0 Å². The molecule has 0 aliphatic heterocycles. The summed E-state index contributed by atoms with van der Waals surface area (Å²) < 4.78 is 2.25. The normalized spacial score (nSPS) is 30.9. The summed E-state index contributed by atoms with van der Waals surface area (Å²) in [5.41, 5.74) is 16.1. The van der Waals surface area contributed by atoms with Gasteiger partial charge in [-0.05, 0) is 122 Å². The molecule has 11 rings (SSSR count). The topological polar surface area (TPSA) is 0 Å². The Balaban J connectivity index is 0.000000165. The molecule has 4 aromatic carbocycles. The van der Waals surface area contributed by atoms with Gasteiger partial charge < -0.3 is 24.8 Å². The first kappa shape index (κ1) is 43.4. The molecule has 4 aromatic rings. The van der Waals surface area contributed by atoms with Gasteiger partial charge in [0.2, 0.25) is 0 Å². The van der Waals surface area contributed by atoms with Gasteiger partial charge in [0, 0.05) is 0 Å². The Labute approximate surface area is 367 Å². The number of allylic oxidation sites excluding steroid dienone is 4. The Morgan fingerprint density at radius 1 is 0.786 bits per heavy atom. The molecule has 5 unspecified atom stereocenters. The Kier molecular flexibility index (Phi) is 13.0. The van der Waals surface area contributed by atoms with Gasteiger partial charge in [0.25, 0.3) is 0 Å². The maximum absolute atomic E-state index is 3.33. The second kappa shape index (κ2) is 16.8. The van der Waals surface area contributed by atoms with Gasteiger partial charge in [-0.2, -0.15) is 17.6 Å². The van der Waals surface area contributed by atoms with E-state index in [0.29, 0.717) is 34.5 Å². The average Bonchev–Trinajstić information content (AvgIpc) is 3.74. The number of hydrogen-bond acceptors (Lipinski definition) is 0.